The largest absolute Gasteiger partial charge is 0.330 e. The Hall–Kier alpha value is -2.20. The molecule has 3 rings (SSSR count). The van der Waals surface area contributed by atoms with Crippen molar-refractivity contribution in [1.29, 1.82) is 0 Å². The molecule has 1 aromatic carbocycles. The number of nitrogens with two attached hydrogens (primary N) is 1. The molecule has 1 unspecified atom stereocenters. The molecular weight excluding hydrogens is 248 g/mol. The number of para-hydroxylation sites is 1. The quantitative estimate of drug-likeness (QED) is 0.788. The molecule has 0 aliphatic rings. The summed E-state index contributed by atoms with van der Waals surface area (Å²) in [6.07, 6.45) is 6.45. The molecule has 3 aromatic rings. The number of rotatable bonds is 4. The van der Waals surface area contributed by atoms with Crippen LogP contribution in [0.1, 0.15) is 18.3 Å². The van der Waals surface area contributed by atoms with E-state index in [1.54, 1.807) is 0 Å². The number of fused-ring (bicyclic) bond motifs is 1. The minimum absolute atomic E-state index is 0.113. The summed E-state index contributed by atoms with van der Waals surface area (Å²) in [4.78, 5) is 8.89. The Kier molecular flexibility index (Phi) is 3.48. The SMILES string of the molecule is CC(N)Cc1nccn1Cc1cccc2cccnc12. The van der Waals surface area contributed by atoms with E-state index in [2.05, 4.69) is 38.8 Å². The first-order chi connectivity index (χ1) is 9.74. The van der Waals surface area contributed by atoms with Gasteiger partial charge in [-0.25, -0.2) is 4.98 Å². The van der Waals surface area contributed by atoms with Gasteiger partial charge in [-0.05, 0) is 18.6 Å². The van der Waals surface area contributed by atoms with Gasteiger partial charge in [0.05, 0.1) is 12.1 Å². The lowest BCUT2D eigenvalue weighted by Crippen LogP contribution is -2.20. The highest BCUT2D eigenvalue weighted by Gasteiger charge is 2.08. The number of imidazole rings is 1. The zero-order chi connectivity index (χ0) is 13.9. The Morgan fingerprint density at radius 1 is 1.15 bits per heavy atom. The summed E-state index contributed by atoms with van der Waals surface area (Å²) in [5.41, 5.74) is 8.12. The topological polar surface area (TPSA) is 56.7 Å². The molecule has 2 N–H and O–H groups in total. The van der Waals surface area contributed by atoms with Crippen LogP contribution in [0.4, 0.5) is 0 Å². The molecule has 2 aromatic heterocycles. The summed E-state index contributed by atoms with van der Waals surface area (Å²) in [5, 5.41) is 1.17. The van der Waals surface area contributed by atoms with E-state index in [4.69, 9.17) is 5.73 Å². The number of nitrogens with zero attached hydrogens (tertiary/aromatic N) is 3. The van der Waals surface area contributed by atoms with Crippen LogP contribution in [0, 0.1) is 0 Å². The van der Waals surface area contributed by atoms with Crippen molar-refractivity contribution >= 4 is 10.9 Å². The summed E-state index contributed by atoms with van der Waals surface area (Å²) >= 11 is 0. The van der Waals surface area contributed by atoms with E-state index in [0.29, 0.717) is 0 Å². The Morgan fingerprint density at radius 3 is 2.85 bits per heavy atom. The van der Waals surface area contributed by atoms with Gasteiger partial charge in [0.15, 0.2) is 0 Å². The van der Waals surface area contributed by atoms with Gasteiger partial charge >= 0.3 is 0 Å². The molecule has 2 heterocycles. The average Bonchev–Trinajstić information content (AvgIpc) is 2.86. The normalized spacial score (nSPS) is 12.7. The first-order valence-corrected chi connectivity index (χ1v) is 6.82. The van der Waals surface area contributed by atoms with Crippen molar-refractivity contribution in [1.82, 2.24) is 14.5 Å². The summed E-state index contributed by atoms with van der Waals surface area (Å²) < 4.78 is 2.15. The highest BCUT2D eigenvalue weighted by Crippen LogP contribution is 2.17. The molecule has 102 valence electrons. The number of hydrogen-bond donors (Lipinski definition) is 1. The lowest BCUT2D eigenvalue weighted by molar-refractivity contribution is 0.649. The lowest BCUT2D eigenvalue weighted by atomic mass is 10.1. The van der Waals surface area contributed by atoms with Crippen LogP contribution < -0.4 is 5.73 Å². The van der Waals surface area contributed by atoms with E-state index in [0.717, 1.165) is 24.3 Å². The monoisotopic (exact) mass is 266 g/mol. The summed E-state index contributed by atoms with van der Waals surface area (Å²) in [6.45, 7) is 2.77. The van der Waals surface area contributed by atoms with Crippen LogP contribution >= 0.6 is 0 Å². The van der Waals surface area contributed by atoms with Crippen molar-refractivity contribution in [2.24, 2.45) is 5.73 Å². The molecule has 0 fully saturated rings. The van der Waals surface area contributed by atoms with Crippen LogP contribution in [-0.4, -0.2) is 20.6 Å². The standard InChI is InChI=1S/C16H18N4/c1-12(17)10-15-18-8-9-20(15)11-14-5-2-4-13-6-3-7-19-16(13)14/h2-9,12H,10-11,17H2,1H3. The number of pyridine rings is 1. The maximum atomic E-state index is 5.87. The minimum atomic E-state index is 0.113. The second-order valence-corrected chi connectivity index (χ2v) is 5.15. The third-order valence-electron chi connectivity index (χ3n) is 3.36. The predicted octanol–water partition coefficient (Wildman–Crippen LogP) is 2.37. The van der Waals surface area contributed by atoms with Crippen molar-refractivity contribution < 1.29 is 0 Å². The molecule has 4 heteroatoms. The van der Waals surface area contributed by atoms with Gasteiger partial charge in [0.1, 0.15) is 5.82 Å². The molecule has 0 aliphatic carbocycles. The van der Waals surface area contributed by atoms with Crippen LogP contribution in [0.2, 0.25) is 0 Å². The van der Waals surface area contributed by atoms with E-state index >= 15 is 0 Å². The van der Waals surface area contributed by atoms with Gasteiger partial charge in [-0.2, -0.15) is 0 Å². The third kappa shape index (κ3) is 2.56. The second-order valence-electron chi connectivity index (χ2n) is 5.15. The number of hydrogen-bond acceptors (Lipinski definition) is 3. The first-order valence-electron chi connectivity index (χ1n) is 6.82. The van der Waals surface area contributed by atoms with Gasteiger partial charge in [0, 0.05) is 36.4 Å². The molecule has 0 amide bonds. The van der Waals surface area contributed by atoms with Crippen molar-refractivity contribution in [2.75, 3.05) is 0 Å². The van der Waals surface area contributed by atoms with Crippen LogP contribution in [0.5, 0.6) is 0 Å². The molecule has 4 nitrogen and oxygen atoms in total. The smallest absolute Gasteiger partial charge is 0.110 e. The van der Waals surface area contributed by atoms with E-state index in [1.165, 1.54) is 10.9 Å². The highest BCUT2D eigenvalue weighted by molar-refractivity contribution is 5.81. The first kappa shape index (κ1) is 12.8. The van der Waals surface area contributed by atoms with Crippen LogP contribution in [0.15, 0.2) is 48.9 Å². The second kappa shape index (κ2) is 5.43. The minimum Gasteiger partial charge on any atom is -0.330 e. The molecule has 0 spiro atoms. The third-order valence-corrected chi connectivity index (χ3v) is 3.36. The van der Waals surface area contributed by atoms with Crippen LogP contribution in [0.25, 0.3) is 10.9 Å². The predicted molar refractivity (Wildman–Crippen MR) is 80.4 cm³/mol. The van der Waals surface area contributed by atoms with Crippen molar-refractivity contribution in [3.63, 3.8) is 0 Å². The summed E-state index contributed by atoms with van der Waals surface area (Å²) in [7, 11) is 0. The molecule has 20 heavy (non-hydrogen) atoms. The molecule has 0 radical (unpaired) electrons. The summed E-state index contributed by atoms with van der Waals surface area (Å²) in [5.74, 6) is 1.02. The van der Waals surface area contributed by atoms with Gasteiger partial charge in [-0.1, -0.05) is 24.3 Å². The Balaban J connectivity index is 1.96. The zero-order valence-corrected chi connectivity index (χ0v) is 11.5. The molecule has 0 aliphatic heterocycles. The van der Waals surface area contributed by atoms with Gasteiger partial charge in [0.2, 0.25) is 0 Å². The van der Waals surface area contributed by atoms with E-state index in [9.17, 15) is 0 Å². The highest BCUT2D eigenvalue weighted by atomic mass is 15.1. The van der Waals surface area contributed by atoms with Crippen molar-refractivity contribution in [3.05, 3.63) is 60.3 Å². The molecule has 0 saturated carbocycles. The van der Waals surface area contributed by atoms with Crippen molar-refractivity contribution in [3.8, 4) is 0 Å². The van der Waals surface area contributed by atoms with Gasteiger partial charge in [-0.3, -0.25) is 4.98 Å². The fourth-order valence-corrected chi connectivity index (χ4v) is 2.44. The average molecular weight is 266 g/mol. The van der Waals surface area contributed by atoms with Gasteiger partial charge in [-0.15, -0.1) is 0 Å². The lowest BCUT2D eigenvalue weighted by Gasteiger charge is -2.11. The Morgan fingerprint density at radius 2 is 2.00 bits per heavy atom. The van der Waals surface area contributed by atoms with E-state index in [1.807, 2.05) is 31.6 Å². The maximum Gasteiger partial charge on any atom is 0.110 e. The van der Waals surface area contributed by atoms with Gasteiger partial charge < -0.3 is 10.3 Å². The maximum absolute atomic E-state index is 5.87. The number of benzene rings is 1. The van der Waals surface area contributed by atoms with Crippen LogP contribution in [-0.2, 0) is 13.0 Å². The van der Waals surface area contributed by atoms with E-state index < -0.39 is 0 Å². The van der Waals surface area contributed by atoms with Gasteiger partial charge in [0.25, 0.3) is 0 Å². The fourth-order valence-electron chi connectivity index (χ4n) is 2.44. The Labute approximate surface area is 118 Å². The fraction of sp³-hybridized carbons (Fsp3) is 0.250. The number of aromatic nitrogens is 3. The molecule has 1 atom stereocenters. The van der Waals surface area contributed by atoms with E-state index in [-0.39, 0.29) is 6.04 Å². The molecular formula is C16H18N4. The summed E-state index contributed by atoms with van der Waals surface area (Å²) in [6, 6.07) is 10.4. The molecule has 0 bridgehead atoms. The van der Waals surface area contributed by atoms with Crippen LogP contribution in [0.3, 0.4) is 0 Å². The molecule has 0 saturated heterocycles. The Bertz CT molecular complexity index is 710. The zero-order valence-electron chi connectivity index (χ0n) is 11.5. The van der Waals surface area contributed by atoms with Crippen molar-refractivity contribution in [2.45, 2.75) is 25.9 Å².